The highest BCUT2D eigenvalue weighted by molar-refractivity contribution is 7.98. The number of thioether (sulfide) groups is 1. The van der Waals surface area contributed by atoms with Crippen LogP contribution in [0.3, 0.4) is 0 Å². The Morgan fingerprint density at radius 1 is 1.24 bits per heavy atom. The van der Waals surface area contributed by atoms with E-state index in [9.17, 15) is 0 Å². The van der Waals surface area contributed by atoms with Crippen molar-refractivity contribution in [1.82, 2.24) is 15.0 Å². The Bertz CT molecular complexity index is 592. The molecular formula is C15H20N4OS. The number of nitrogens with one attached hydrogen (secondary N) is 1. The van der Waals surface area contributed by atoms with Gasteiger partial charge in [-0.05, 0) is 18.9 Å². The fraction of sp³-hybridized carbons (Fsp3) is 0.400. The molecule has 2 aromatic rings. The number of benzene rings is 1. The second-order valence-electron chi connectivity index (χ2n) is 4.60. The third-order valence-electron chi connectivity index (χ3n) is 2.70. The number of aryl methyl sites for hydroxylation is 1. The zero-order valence-corrected chi connectivity index (χ0v) is 13.4. The molecule has 6 heteroatoms. The van der Waals surface area contributed by atoms with E-state index < -0.39 is 0 Å². The first-order valence-corrected chi connectivity index (χ1v) is 7.94. The fourth-order valence-electron chi connectivity index (χ4n) is 1.72. The van der Waals surface area contributed by atoms with Gasteiger partial charge in [-0.2, -0.15) is 15.0 Å². The molecular weight excluding hydrogens is 284 g/mol. The van der Waals surface area contributed by atoms with Crippen molar-refractivity contribution >= 4 is 17.7 Å². The van der Waals surface area contributed by atoms with E-state index in [4.69, 9.17) is 4.74 Å². The summed E-state index contributed by atoms with van der Waals surface area (Å²) in [6.45, 7) is 4.75. The summed E-state index contributed by atoms with van der Waals surface area (Å²) in [5.74, 6) is 1.35. The molecule has 0 amide bonds. The normalized spacial score (nSPS) is 10.4. The minimum atomic E-state index is 0.378. The van der Waals surface area contributed by atoms with Gasteiger partial charge in [-0.25, -0.2) is 0 Å². The van der Waals surface area contributed by atoms with E-state index in [2.05, 4.69) is 51.5 Å². The predicted octanol–water partition coefficient (Wildman–Crippen LogP) is 3.30. The van der Waals surface area contributed by atoms with Crippen LogP contribution in [0.25, 0.3) is 0 Å². The van der Waals surface area contributed by atoms with Crippen LogP contribution in [0, 0.1) is 6.92 Å². The smallest absolute Gasteiger partial charge is 0.322 e. The molecule has 112 valence electrons. The van der Waals surface area contributed by atoms with Crippen molar-refractivity contribution < 1.29 is 4.74 Å². The Balaban J connectivity index is 2.07. The van der Waals surface area contributed by atoms with Crippen molar-refractivity contribution in [3.63, 3.8) is 0 Å². The molecule has 0 spiro atoms. The molecule has 0 aliphatic carbocycles. The Kier molecular flexibility index (Phi) is 5.80. The zero-order chi connectivity index (χ0) is 15.1. The summed E-state index contributed by atoms with van der Waals surface area (Å²) in [7, 11) is 1.79. The highest BCUT2D eigenvalue weighted by Crippen LogP contribution is 2.22. The lowest BCUT2D eigenvalue weighted by Crippen LogP contribution is -2.05. The second-order valence-corrected chi connectivity index (χ2v) is 5.54. The van der Waals surface area contributed by atoms with E-state index in [1.165, 1.54) is 11.1 Å². The highest BCUT2D eigenvalue weighted by Gasteiger charge is 2.07. The molecule has 0 atom stereocenters. The van der Waals surface area contributed by atoms with Crippen molar-refractivity contribution in [2.24, 2.45) is 0 Å². The van der Waals surface area contributed by atoms with Crippen LogP contribution in [-0.4, -0.2) is 28.6 Å². The molecule has 0 fully saturated rings. The molecule has 0 saturated carbocycles. The minimum Gasteiger partial charge on any atom is -0.463 e. The zero-order valence-electron chi connectivity index (χ0n) is 12.6. The van der Waals surface area contributed by atoms with Crippen LogP contribution in [0.1, 0.15) is 24.5 Å². The average molecular weight is 304 g/mol. The molecule has 0 unspecified atom stereocenters. The minimum absolute atomic E-state index is 0.378. The van der Waals surface area contributed by atoms with Crippen molar-refractivity contribution in [2.75, 3.05) is 19.0 Å². The van der Waals surface area contributed by atoms with Crippen LogP contribution in [0.4, 0.5) is 5.95 Å². The monoisotopic (exact) mass is 304 g/mol. The van der Waals surface area contributed by atoms with E-state index >= 15 is 0 Å². The Hall–Kier alpha value is -1.82. The Labute approximate surface area is 129 Å². The van der Waals surface area contributed by atoms with Crippen LogP contribution in [0.5, 0.6) is 6.01 Å². The van der Waals surface area contributed by atoms with Crippen molar-refractivity contribution in [1.29, 1.82) is 0 Å². The number of aromatic nitrogens is 3. The van der Waals surface area contributed by atoms with Gasteiger partial charge in [-0.1, -0.05) is 48.5 Å². The largest absolute Gasteiger partial charge is 0.463 e. The first-order chi connectivity index (χ1) is 10.2. The van der Waals surface area contributed by atoms with Crippen molar-refractivity contribution in [3.8, 4) is 6.01 Å². The molecule has 21 heavy (non-hydrogen) atoms. The molecule has 1 aromatic heterocycles. The molecule has 1 N–H and O–H groups in total. The molecule has 5 nitrogen and oxygen atoms in total. The summed E-state index contributed by atoms with van der Waals surface area (Å²) in [6.07, 6.45) is 0.923. The van der Waals surface area contributed by atoms with Crippen LogP contribution in [0.15, 0.2) is 29.4 Å². The number of anilines is 1. The number of rotatable bonds is 7. The standard InChI is InChI=1S/C15H20N4OS/c1-4-8-20-14-17-13(16-3)18-15(19-14)21-10-12-7-5-6-11(2)9-12/h5-7,9H,4,8,10H2,1-3H3,(H,16,17,18,19). The van der Waals surface area contributed by atoms with Gasteiger partial charge in [0, 0.05) is 12.8 Å². The van der Waals surface area contributed by atoms with E-state index in [0.717, 1.165) is 12.2 Å². The topological polar surface area (TPSA) is 59.9 Å². The maximum Gasteiger partial charge on any atom is 0.322 e. The predicted molar refractivity (Wildman–Crippen MR) is 85.9 cm³/mol. The number of hydrogen-bond acceptors (Lipinski definition) is 6. The van der Waals surface area contributed by atoms with Crippen LogP contribution < -0.4 is 10.1 Å². The van der Waals surface area contributed by atoms with Gasteiger partial charge < -0.3 is 10.1 Å². The quantitative estimate of drug-likeness (QED) is 0.792. The summed E-state index contributed by atoms with van der Waals surface area (Å²) < 4.78 is 5.49. The Morgan fingerprint density at radius 2 is 2.10 bits per heavy atom. The van der Waals surface area contributed by atoms with E-state index in [0.29, 0.717) is 23.7 Å². The maximum absolute atomic E-state index is 5.49. The third-order valence-corrected chi connectivity index (χ3v) is 3.62. The van der Waals surface area contributed by atoms with Gasteiger partial charge in [-0.15, -0.1) is 0 Å². The molecule has 0 saturated heterocycles. The molecule has 1 heterocycles. The summed E-state index contributed by atoms with van der Waals surface area (Å²) in [5.41, 5.74) is 2.51. The summed E-state index contributed by atoms with van der Waals surface area (Å²) in [6, 6.07) is 8.80. The van der Waals surface area contributed by atoms with E-state index in [1.807, 2.05) is 6.92 Å². The summed E-state index contributed by atoms with van der Waals surface area (Å²) in [4.78, 5) is 12.9. The van der Waals surface area contributed by atoms with Crippen LogP contribution in [0.2, 0.25) is 0 Å². The van der Waals surface area contributed by atoms with Crippen molar-refractivity contribution in [3.05, 3.63) is 35.4 Å². The summed E-state index contributed by atoms with van der Waals surface area (Å²) in [5, 5.41) is 3.60. The second kappa shape index (κ2) is 7.83. The lowest BCUT2D eigenvalue weighted by molar-refractivity contribution is 0.288. The SMILES string of the molecule is CCCOc1nc(NC)nc(SCc2cccc(C)c2)n1. The van der Waals surface area contributed by atoms with Gasteiger partial charge in [-0.3, -0.25) is 0 Å². The number of nitrogens with zero attached hydrogens (tertiary/aromatic N) is 3. The molecule has 0 aliphatic heterocycles. The molecule has 0 aliphatic rings. The first kappa shape index (κ1) is 15.6. The molecule has 2 rings (SSSR count). The van der Waals surface area contributed by atoms with E-state index in [-0.39, 0.29) is 0 Å². The van der Waals surface area contributed by atoms with Gasteiger partial charge >= 0.3 is 6.01 Å². The van der Waals surface area contributed by atoms with Gasteiger partial charge in [0.05, 0.1) is 6.61 Å². The van der Waals surface area contributed by atoms with Gasteiger partial charge in [0.15, 0.2) is 5.16 Å². The Morgan fingerprint density at radius 3 is 2.81 bits per heavy atom. The number of hydrogen-bond donors (Lipinski definition) is 1. The lowest BCUT2D eigenvalue weighted by atomic mass is 10.2. The molecule has 1 aromatic carbocycles. The molecule has 0 radical (unpaired) electrons. The van der Waals surface area contributed by atoms with Gasteiger partial charge in [0.25, 0.3) is 0 Å². The van der Waals surface area contributed by atoms with Gasteiger partial charge in [0.1, 0.15) is 0 Å². The first-order valence-electron chi connectivity index (χ1n) is 6.96. The van der Waals surface area contributed by atoms with Gasteiger partial charge in [0.2, 0.25) is 5.95 Å². The highest BCUT2D eigenvalue weighted by atomic mass is 32.2. The van der Waals surface area contributed by atoms with E-state index in [1.54, 1.807) is 18.8 Å². The fourth-order valence-corrected chi connectivity index (χ4v) is 2.49. The van der Waals surface area contributed by atoms with Crippen LogP contribution >= 0.6 is 11.8 Å². The lowest BCUT2D eigenvalue weighted by Gasteiger charge is -2.07. The molecule has 0 bridgehead atoms. The van der Waals surface area contributed by atoms with Crippen molar-refractivity contribution in [2.45, 2.75) is 31.2 Å². The number of ether oxygens (including phenoxy) is 1. The maximum atomic E-state index is 5.49. The van der Waals surface area contributed by atoms with Crippen LogP contribution in [-0.2, 0) is 5.75 Å². The summed E-state index contributed by atoms with van der Waals surface area (Å²) >= 11 is 1.58. The average Bonchev–Trinajstić information content (AvgIpc) is 2.51. The third kappa shape index (κ3) is 4.90.